The van der Waals surface area contributed by atoms with Gasteiger partial charge in [-0.15, -0.1) is 11.3 Å². The highest BCUT2D eigenvalue weighted by Crippen LogP contribution is 2.26. The number of nitrogens with zero attached hydrogens (tertiary/aromatic N) is 2. The van der Waals surface area contributed by atoms with E-state index in [0.29, 0.717) is 10.2 Å². The van der Waals surface area contributed by atoms with Gasteiger partial charge in [-0.2, -0.15) is 0 Å². The van der Waals surface area contributed by atoms with Crippen molar-refractivity contribution in [2.45, 2.75) is 33.2 Å². The van der Waals surface area contributed by atoms with Gasteiger partial charge in [0.05, 0.1) is 18.1 Å². The number of carboxylic acids is 1. The van der Waals surface area contributed by atoms with Crippen molar-refractivity contribution in [3.05, 3.63) is 27.1 Å². The molecule has 1 atom stereocenters. The molecular formula is C12H14N2O3S. The van der Waals surface area contributed by atoms with Crippen LogP contribution in [0.1, 0.15) is 29.8 Å². The molecule has 0 saturated heterocycles. The Kier molecular flexibility index (Phi) is 3.21. The van der Waals surface area contributed by atoms with Crippen molar-refractivity contribution in [2.75, 3.05) is 0 Å². The fourth-order valence-corrected chi connectivity index (χ4v) is 2.90. The Balaban J connectivity index is 2.61. The molecule has 2 rings (SSSR count). The van der Waals surface area contributed by atoms with Crippen LogP contribution in [0, 0.1) is 13.8 Å². The topological polar surface area (TPSA) is 72.2 Å². The second kappa shape index (κ2) is 4.53. The van der Waals surface area contributed by atoms with E-state index in [1.165, 1.54) is 22.2 Å². The molecule has 0 saturated carbocycles. The van der Waals surface area contributed by atoms with Crippen LogP contribution in [0.15, 0.2) is 11.1 Å². The number of rotatable bonds is 3. The summed E-state index contributed by atoms with van der Waals surface area (Å²) in [6, 6.07) is -0.397. The highest BCUT2D eigenvalue weighted by atomic mass is 32.1. The molecule has 0 aliphatic rings. The second-order valence-electron chi connectivity index (χ2n) is 4.37. The molecule has 1 unspecified atom stereocenters. The third-order valence-electron chi connectivity index (χ3n) is 3.06. The summed E-state index contributed by atoms with van der Waals surface area (Å²) in [6.07, 6.45) is 1.35. The van der Waals surface area contributed by atoms with Crippen LogP contribution in [0.4, 0.5) is 0 Å². The number of carbonyl (C=O) groups is 1. The zero-order valence-electron chi connectivity index (χ0n) is 10.4. The predicted molar refractivity (Wildman–Crippen MR) is 70.3 cm³/mol. The monoisotopic (exact) mass is 266 g/mol. The Hall–Kier alpha value is -1.69. The molecule has 96 valence electrons. The van der Waals surface area contributed by atoms with Crippen LogP contribution in [0.25, 0.3) is 10.2 Å². The van der Waals surface area contributed by atoms with Gasteiger partial charge in [0.1, 0.15) is 4.83 Å². The summed E-state index contributed by atoms with van der Waals surface area (Å²) in [5.74, 6) is -0.923. The number of carboxylic acid groups (broad SMARTS) is 1. The molecule has 0 spiro atoms. The summed E-state index contributed by atoms with van der Waals surface area (Å²) in [5, 5.41) is 9.38. The van der Waals surface area contributed by atoms with Crippen molar-refractivity contribution in [2.24, 2.45) is 0 Å². The molecule has 0 aliphatic heterocycles. The average Bonchev–Trinajstić information content (AvgIpc) is 2.54. The maximum atomic E-state index is 12.3. The third kappa shape index (κ3) is 2.03. The standard InChI is InChI=1S/C12H14N2O3S/c1-6(4-9(15)16)14-5-13-11-10(12(14)17)7(2)8(3)18-11/h5-6H,4H2,1-3H3,(H,15,16). The van der Waals surface area contributed by atoms with Crippen molar-refractivity contribution < 1.29 is 9.90 Å². The Bertz CT molecular complexity index is 672. The van der Waals surface area contributed by atoms with Crippen molar-refractivity contribution in [3.63, 3.8) is 0 Å². The van der Waals surface area contributed by atoms with E-state index in [0.717, 1.165) is 10.4 Å². The summed E-state index contributed by atoms with van der Waals surface area (Å²) in [6.45, 7) is 5.55. The summed E-state index contributed by atoms with van der Waals surface area (Å²) in [5.41, 5.74) is 0.778. The summed E-state index contributed by atoms with van der Waals surface area (Å²) < 4.78 is 1.40. The number of aryl methyl sites for hydroxylation is 2. The summed E-state index contributed by atoms with van der Waals surface area (Å²) in [7, 11) is 0. The van der Waals surface area contributed by atoms with Crippen LogP contribution in [-0.4, -0.2) is 20.6 Å². The molecule has 2 aromatic rings. The summed E-state index contributed by atoms with van der Waals surface area (Å²) >= 11 is 1.49. The van der Waals surface area contributed by atoms with Gasteiger partial charge in [-0.25, -0.2) is 4.98 Å². The van der Waals surface area contributed by atoms with Crippen LogP contribution in [0.5, 0.6) is 0 Å². The average molecular weight is 266 g/mol. The molecule has 0 aromatic carbocycles. The Labute approximate surface area is 108 Å². The first-order valence-corrected chi connectivity index (χ1v) is 6.42. The third-order valence-corrected chi connectivity index (χ3v) is 4.17. The van der Waals surface area contributed by atoms with Crippen molar-refractivity contribution in [1.82, 2.24) is 9.55 Å². The van der Waals surface area contributed by atoms with Gasteiger partial charge in [0.2, 0.25) is 0 Å². The van der Waals surface area contributed by atoms with Gasteiger partial charge in [0.15, 0.2) is 0 Å². The fraction of sp³-hybridized carbons (Fsp3) is 0.417. The number of thiophene rings is 1. The molecule has 0 amide bonds. The molecule has 2 heterocycles. The zero-order valence-corrected chi connectivity index (χ0v) is 11.2. The molecule has 0 radical (unpaired) electrons. The van der Waals surface area contributed by atoms with E-state index < -0.39 is 12.0 Å². The van der Waals surface area contributed by atoms with Crippen LogP contribution < -0.4 is 5.56 Å². The SMILES string of the molecule is Cc1sc2ncn(C(C)CC(=O)O)c(=O)c2c1C. The number of hydrogen-bond donors (Lipinski definition) is 1. The lowest BCUT2D eigenvalue weighted by Crippen LogP contribution is -2.25. The first-order valence-electron chi connectivity index (χ1n) is 5.60. The first-order chi connectivity index (χ1) is 8.41. The summed E-state index contributed by atoms with van der Waals surface area (Å²) in [4.78, 5) is 29.0. The van der Waals surface area contributed by atoms with E-state index in [4.69, 9.17) is 5.11 Å². The van der Waals surface area contributed by atoms with Gasteiger partial charge < -0.3 is 5.11 Å². The molecule has 0 aliphatic carbocycles. The van der Waals surface area contributed by atoms with Crippen molar-refractivity contribution in [1.29, 1.82) is 0 Å². The predicted octanol–water partition coefficient (Wildman–Crippen LogP) is 2.11. The molecule has 0 fully saturated rings. The number of hydrogen-bond acceptors (Lipinski definition) is 4. The smallest absolute Gasteiger partial charge is 0.305 e. The normalized spacial score (nSPS) is 12.8. The van der Waals surface area contributed by atoms with E-state index in [9.17, 15) is 9.59 Å². The van der Waals surface area contributed by atoms with Gasteiger partial charge in [-0.3, -0.25) is 14.2 Å². The van der Waals surface area contributed by atoms with Crippen molar-refractivity contribution >= 4 is 27.5 Å². The minimum absolute atomic E-state index is 0.0880. The van der Waals surface area contributed by atoms with E-state index in [1.54, 1.807) is 6.92 Å². The lowest BCUT2D eigenvalue weighted by atomic mass is 10.2. The first kappa shape index (κ1) is 12.8. The van der Waals surface area contributed by atoms with E-state index in [-0.39, 0.29) is 12.0 Å². The minimum Gasteiger partial charge on any atom is -0.481 e. The number of aromatic nitrogens is 2. The number of fused-ring (bicyclic) bond motifs is 1. The van der Waals surface area contributed by atoms with Gasteiger partial charge >= 0.3 is 5.97 Å². The maximum absolute atomic E-state index is 12.3. The molecule has 18 heavy (non-hydrogen) atoms. The Morgan fingerprint density at radius 3 is 2.83 bits per heavy atom. The molecule has 5 nitrogen and oxygen atoms in total. The van der Waals surface area contributed by atoms with E-state index in [1.807, 2.05) is 13.8 Å². The van der Waals surface area contributed by atoms with Crippen LogP contribution in [0.3, 0.4) is 0 Å². The zero-order chi connectivity index (χ0) is 13.4. The van der Waals surface area contributed by atoms with E-state index >= 15 is 0 Å². The highest BCUT2D eigenvalue weighted by Gasteiger charge is 2.16. The highest BCUT2D eigenvalue weighted by molar-refractivity contribution is 7.18. The Morgan fingerprint density at radius 2 is 2.22 bits per heavy atom. The van der Waals surface area contributed by atoms with Gasteiger partial charge in [0, 0.05) is 10.9 Å². The minimum atomic E-state index is -0.923. The molecule has 0 bridgehead atoms. The Morgan fingerprint density at radius 1 is 1.56 bits per heavy atom. The van der Waals surface area contributed by atoms with Crippen LogP contribution in [-0.2, 0) is 4.79 Å². The van der Waals surface area contributed by atoms with E-state index in [2.05, 4.69) is 4.98 Å². The molecule has 1 N–H and O–H groups in total. The van der Waals surface area contributed by atoms with Gasteiger partial charge in [-0.1, -0.05) is 0 Å². The lowest BCUT2D eigenvalue weighted by molar-refractivity contribution is -0.137. The number of aliphatic carboxylic acids is 1. The molecule has 6 heteroatoms. The maximum Gasteiger partial charge on any atom is 0.305 e. The lowest BCUT2D eigenvalue weighted by Gasteiger charge is -2.12. The van der Waals surface area contributed by atoms with Crippen LogP contribution >= 0.6 is 11.3 Å². The fourth-order valence-electron chi connectivity index (χ4n) is 1.91. The second-order valence-corrected chi connectivity index (χ2v) is 5.57. The largest absolute Gasteiger partial charge is 0.481 e. The van der Waals surface area contributed by atoms with Gasteiger partial charge in [-0.05, 0) is 26.3 Å². The molecular weight excluding hydrogens is 252 g/mol. The van der Waals surface area contributed by atoms with Crippen LogP contribution in [0.2, 0.25) is 0 Å². The quantitative estimate of drug-likeness (QED) is 0.923. The van der Waals surface area contributed by atoms with Gasteiger partial charge in [0.25, 0.3) is 5.56 Å². The molecule has 2 aromatic heterocycles. The van der Waals surface area contributed by atoms with Crippen molar-refractivity contribution in [3.8, 4) is 0 Å².